The number of hydrogen-bond acceptors (Lipinski definition) is 8. The van der Waals surface area contributed by atoms with Crippen LogP contribution in [0.5, 0.6) is 0 Å². The number of hydrogen-bond donors (Lipinski definition) is 1. The van der Waals surface area contributed by atoms with Crippen LogP contribution in [-0.4, -0.2) is 60.6 Å². The van der Waals surface area contributed by atoms with Crippen LogP contribution in [0, 0.1) is 0 Å². The molecule has 8 nitrogen and oxygen atoms in total. The maximum absolute atomic E-state index is 12.6. The van der Waals surface area contributed by atoms with Gasteiger partial charge in [0.2, 0.25) is 0 Å². The van der Waals surface area contributed by atoms with E-state index in [0.717, 1.165) is 6.92 Å². The maximum Gasteiger partial charge on any atom is 0.338 e. The van der Waals surface area contributed by atoms with Crippen molar-refractivity contribution in [3.63, 3.8) is 0 Å². The monoisotopic (exact) mass is 440 g/mol. The lowest BCUT2D eigenvalue weighted by Crippen LogP contribution is -2.63. The Morgan fingerprint density at radius 3 is 1.97 bits per heavy atom. The van der Waals surface area contributed by atoms with Crippen molar-refractivity contribution in [1.29, 1.82) is 0 Å². The minimum atomic E-state index is -2.01. The van der Waals surface area contributed by atoms with E-state index >= 15 is 0 Å². The molecule has 168 valence electrons. The van der Waals surface area contributed by atoms with E-state index in [1.54, 1.807) is 60.7 Å². The molecule has 32 heavy (non-hydrogen) atoms. The third-order valence-electron chi connectivity index (χ3n) is 5.00. The normalized spacial score (nSPS) is 24.4. The Morgan fingerprint density at radius 2 is 1.44 bits per heavy atom. The maximum atomic E-state index is 12.6. The van der Waals surface area contributed by atoms with E-state index in [4.69, 9.17) is 18.9 Å². The van der Waals surface area contributed by atoms with Crippen LogP contribution < -0.4 is 0 Å². The zero-order valence-electron chi connectivity index (χ0n) is 17.7. The molecule has 2 aromatic carbocycles. The van der Waals surface area contributed by atoms with Crippen molar-refractivity contribution in [2.75, 3.05) is 13.7 Å². The van der Waals surface area contributed by atoms with Gasteiger partial charge >= 0.3 is 17.9 Å². The van der Waals surface area contributed by atoms with Gasteiger partial charge in [-0.25, -0.2) is 9.59 Å². The van der Waals surface area contributed by atoms with Crippen molar-refractivity contribution >= 4 is 17.9 Å². The molecular weight excluding hydrogens is 416 g/mol. The van der Waals surface area contributed by atoms with Crippen LogP contribution in [0.3, 0.4) is 0 Å². The molecule has 0 amide bonds. The first-order valence-corrected chi connectivity index (χ1v) is 9.94. The number of carbonyl (C=O) groups excluding carboxylic acids is 3. The average molecular weight is 440 g/mol. The number of ether oxygens (including phenoxy) is 4. The van der Waals surface area contributed by atoms with Crippen molar-refractivity contribution in [2.24, 2.45) is 0 Å². The van der Waals surface area contributed by atoms with Gasteiger partial charge in [-0.05, 0) is 30.3 Å². The standard InChI is InChI=1S/C24H24O8/c1-16(25)31-21-19(32-23(27)18-11-7-4-8-12-18)13-14-20(29-2)24(21,28)15-30-22(26)17-9-5-3-6-10-17/h3-14,19-21,28H,15H2,1-2H3. The number of esters is 3. The number of methoxy groups -OCH3 is 1. The molecule has 0 aliphatic heterocycles. The summed E-state index contributed by atoms with van der Waals surface area (Å²) in [6, 6.07) is 16.5. The second-order valence-electron chi connectivity index (χ2n) is 7.24. The number of benzene rings is 2. The average Bonchev–Trinajstić information content (AvgIpc) is 2.81. The fourth-order valence-corrected chi connectivity index (χ4v) is 3.42. The predicted octanol–water partition coefficient (Wildman–Crippen LogP) is 2.32. The van der Waals surface area contributed by atoms with Gasteiger partial charge in [0.15, 0.2) is 17.8 Å². The van der Waals surface area contributed by atoms with Gasteiger partial charge in [0.25, 0.3) is 0 Å². The third-order valence-corrected chi connectivity index (χ3v) is 5.00. The Hall–Kier alpha value is -3.49. The number of carbonyl (C=O) groups is 3. The van der Waals surface area contributed by atoms with Gasteiger partial charge in [0.1, 0.15) is 12.7 Å². The number of rotatable bonds is 7. The van der Waals surface area contributed by atoms with E-state index in [1.807, 2.05) is 0 Å². The third kappa shape index (κ3) is 5.22. The van der Waals surface area contributed by atoms with Crippen LogP contribution in [0.4, 0.5) is 0 Å². The van der Waals surface area contributed by atoms with Gasteiger partial charge in [0, 0.05) is 14.0 Å². The summed E-state index contributed by atoms with van der Waals surface area (Å²) in [7, 11) is 1.35. The summed E-state index contributed by atoms with van der Waals surface area (Å²) in [6.07, 6.45) is -0.582. The van der Waals surface area contributed by atoms with Crippen LogP contribution in [0.2, 0.25) is 0 Å². The lowest BCUT2D eigenvalue weighted by molar-refractivity contribution is -0.209. The Bertz CT molecular complexity index is 972. The van der Waals surface area contributed by atoms with Crippen LogP contribution >= 0.6 is 0 Å². The van der Waals surface area contributed by atoms with Crippen molar-refractivity contribution in [1.82, 2.24) is 0 Å². The Labute approximate surface area is 185 Å². The van der Waals surface area contributed by atoms with Gasteiger partial charge in [-0.15, -0.1) is 0 Å². The summed E-state index contributed by atoms with van der Waals surface area (Å²) >= 11 is 0. The van der Waals surface area contributed by atoms with E-state index in [2.05, 4.69) is 0 Å². The van der Waals surface area contributed by atoms with E-state index < -0.39 is 48.4 Å². The van der Waals surface area contributed by atoms with Gasteiger partial charge in [-0.3, -0.25) is 4.79 Å². The summed E-state index contributed by atoms with van der Waals surface area (Å²) in [4.78, 5) is 36.8. The van der Waals surface area contributed by atoms with Crippen LogP contribution in [-0.2, 0) is 23.7 Å². The molecule has 0 radical (unpaired) electrons. The molecule has 1 aliphatic rings. The summed E-state index contributed by atoms with van der Waals surface area (Å²) < 4.78 is 21.5. The Morgan fingerprint density at radius 1 is 0.875 bits per heavy atom. The molecule has 4 atom stereocenters. The molecule has 3 rings (SSSR count). The summed E-state index contributed by atoms with van der Waals surface area (Å²) in [6.45, 7) is 0.591. The number of aliphatic hydroxyl groups is 1. The molecule has 0 aromatic heterocycles. The summed E-state index contributed by atoms with van der Waals surface area (Å²) in [5.74, 6) is -2.06. The van der Waals surface area contributed by atoms with E-state index in [9.17, 15) is 19.5 Å². The highest BCUT2D eigenvalue weighted by molar-refractivity contribution is 5.90. The van der Waals surface area contributed by atoms with Crippen LogP contribution in [0.15, 0.2) is 72.8 Å². The highest BCUT2D eigenvalue weighted by Gasteiger charge is 2.54. The molecule has 0 fully saturated rings. The molecule has 1 aliphatic carbocycles. The first kappa shape index (κ1) is 23.2. The van der Waals surface area contributed by atoms with Crippen molar-refractivity contribution in [2.45, 2.75) is 30.8 Å². The van der Waals surface area contributed by atoms with Crippen molar-refractivity contribution < 1.29 is 38.4 Å². The van der Waals surface area contributed by atoms with Crippen molar-refractivity contribution in [3.05, 3.63) is 83.9 Å². The largest absolute Gasteiger partial charge is 0.459 e. The first-order chi connectivity index (χ1) is 15.3. The summed E-state index contributed by atoms with van der Waals surface area (Å²) in [5, 5.41) is 11.5. The fourth-order valence-electron chi connectivity index (χ4n) is 3.42. The van der Waals surface area contributed by atoms with Crippen molar-refractivity contribution in [3.8, 4) is 0 Å². The zero-order valence-corrected chi connectivity index (χ0v) is 17.7. The Balaban J connectivity index is 1.85. The highest BCUT2D eigenvalue weighted by atomic mass is 16.6. The van der Waals surface area contributed by atoms with Crippen LogP contribution in [0.1, 0.15) is 27.6 Å². The Kier molecular flexibility index (Phi) is 7.40. The van der Waals surface area contributed by atoms with Gasteiger partial charge < -0.3 is 24.1 Å². The SMILES string of the molecule is COC1C=CC(OC(=O)c2ccccc2)C(OC(C)=O)C1(O)COC(=O)c1ccccc1. The summed E-state index contributed by atoms with van der Waals surface area (Å²) in [5.41, 5.74) is -1.44. The molecule has 0 saturated heterocycles. The second kappa shape index (κ2) is 10.2. The fraction of sp³-hybridized carbons (Fsp3) is 0.292. The first-order valence-electron chi connectivity index (χ1n) is 9.94. The topological polar surface area (TPSA) is 108 Å². The molecular formula is C24H24O8. The van der Waals surface area contributed by atoms with Gasteiger partial charge in [-0.2, -0.15) is 0 Å². The highest BCUT2D eigenvalue weighted by Crippen LogP contribution is 2.32. The van der Waals surface area contributed by atoms with Gasteiger partial charge in [-0.1, -0.05) is 42.5 Å². The lowest BCUT2D eigenvalue weighted by atomic mass is 9.82. The molecule has 2 aromatic rings. The smallest absolute Gasteiger partial charge is 0.338 e. The molecule has 0 heterocycles. The molecule has 0 saturated carbocycles. The second-order valence-corrected chi connectivity index (χ2v) is 7.24. The predicted molar refractivity (Wildman–Crippen MR) is 113 cm³/mol. The zero-order chi connectivity index (χ0) is 23.1. The minimum absolute atomic E-state index is 0.285. The van der Waals surface area contributed by atoms with Gasteiger partial charge in [0.05, 0.1) is 11.1 Å². The van der Waals surface area contributed by atoms with E-state index in [0.29, 0.717) is 0 Å². The van der Waals surface area contributed by atoms with E-state index in [1.165, 1.54) is 19.3 Å². The molecule has 0 bridgehead atoms. The van der Waals surface area contributed by atoms with Crippen LogP contribution in [0.25, 0.3) is 0 Å². The quantitative estimate of drug-likeness (QED) is 0.397. The lowest BCUT2D eigenvalue weighted by Gasteiger charge is -2.43. The molecule has 0 spiro atoms. The molecule has 4 unspecified atom stereocenters. The molecule has 1 N–H and O–H groups in total. The van der Waals surface area contributed by atoms with E-state index in [-0.39, 0.29) is 11.1 Å². The molecule has 8 heteroatoms. The minimum Gasteiger partial charge on any atom is -0.459 e.